The zero-order valence-electron chi connectivity index (χ0n) is 11.0. The maximum absolute atomic E-state index is 12.2. The van der Waals surface area contributed by atoms with Gasteiger partial charge in [-0.1, -0.05) is 32.0 Å². The van der Waals surface area contributed by atoms with Gasteiger partial charge in [0, 0.05) is 11.6 Å². The highest BCUT2D eigenvalue weighted by atomic mass is 19.3. The maximum Gasteiger partial charge on any atom is 0.272 e. The molecule has 0 spiro atoms. The Kier molecular flexibility index (Phi) is 6.65. The van der Waals surface area contributed by atoms with Gasteiger partial charge in [-0.3, -0.25) is 0 Å². The van der Waals surface area contributed by atoms with Crippen LogP contribution in [0.15, 0.2) is 24.3 Å². The second-order valence-electron chi connectivity index (χ2n) is 4.15. The lowest BCUT2D eigenvalue weighted by atomic mass is 10.0. The summed E-state index contributed by atoms with van der Waals surface area (Å²) in [7, 11) is 0. The molecule has 1 aromatic carbocycles. The highest BCUT2D eigenvalue weighted by Gasteiger charge is 2.14. The van der Waals surface area contributed by atoms with E-state index in [0.29, 0.717) is 5.75 Å². The SMILES string of the molecule is CCCNC(CC)c1ccccc1OCC(F)F. The van der Waals surface area contributed by atoms with Crippen molar-refractivity contribution in [1.82, 2.24) is 5.32 Å². The molecule has 1 rings (SSSR count). The van der Waals surface area contributed by atoms with Gasteiger partial charge in [0.25, 0.3) is 6.43 Å². The number of alkyl halides is 2. The molecule has 18 heavy (non-hydrogen) atoms. The molecule has 102 valence electrons. The van der Waals surface area contributed by atoms with Gasteiger partial charge in [-0.2, -0.15) is 0 Å². The molecule has 0 aliphatic heterocycles. The molecule has 1 atom stereocenters. The number of ether oxygens (including phenoxy) is 1. The lowest BCUT2D eigenvalue weighted by Gasteiger charge is -2.20. The van der Waals surface area contributed by atoms with Crippen molar-refractivity contribution in [2.45, 2.75) is 39.2 Å². The summed E-state index contributed by atoms with van der Waals surface area (Å²) in [6, 6.07) is 7.53. The normalized spacial score (nSPS) is 12.7. The summed E-state index contributed by atoms with van der Waals surface area (Å²) in [6.45, 7) is 4.51. The van der Waals surface area contributed by atoms with Crippen molar-refractivity contribution >= 4 is 0 Å². The molecular formula is C14H21F2NO. The first-order chi connectivity index (χ1) is 8.69. The van der Waals surface area contributed by atoms with E-state index < -0.39 is 13.0 Å². The maximum atomic E-state index is 12.2. The van der Waals surface area contributed by atoms with E-state index in [1.807, 2.05) is 12.1 Å². The van der Waals surface area contributed by atoms with Crippen LogP contribution >= 0.6 is 0 Å². The van der Waals surface area contributed by atoms with Crippen LogP contribution in [0.5, 0.6) is 5.75 Å². The zero-order valence-corrected chi connectivity index (χ0v) is 11.0. The third-order valence-corrected chi connectivity index (χ3v) is 2.71. The van der Waals surface area contributed by atoms with Crippen molar-refractivity contribution in [3.05, 3.63) is 29.8 Å². The zero-order chi connectivity index (χ0) is 13.4. The van der Waals surface area contributed by atoms with Crippen molar-refractivity contribution in [3.8, 4) is 5.75 Å². The highest BCUT2D eigenvalue weighted by Crippen LogP contribution is 2.27. The fourth-order valence-corrected chi connectivity index (χ4v) is 1.85. The Hall–Kier alpha value is -1.16. The van der Waals surface area contributed by atoms with E-state index in [1.54, 1.807) is 12.1 Å². The molecule has 0 aromatic heterocycles. The third-order valence-electron chi connectivity index (χ3n) is 2.71. The average molecular weight is 257 g/mol. The number of para-hydroxylation sites is 1. The Balaban J connectivity index is 2.78. The summed E-state index contributed by atoms with van der Waals surface area (Å²) < 4.78 is 29.6. The van der Waals surface area contributed by atoms with Crippen LogP contribution in [0.4, 0.5) is 8.78 Å². The monoisotopic (exact) mass is 257 g/mol. The Morgan fingerprint density at radius 2 is 1.94 bits per heavy atom. The van der Waals surface area contributed by atoms with Crippen molar-refractivity contribution < 1.29 is 13.5 Å². The summed E-state index contributed by atoms with van der Waals surface area (Å²) in [5.74, 6) is 0.549. The number of halogens is 2. The van der Waals surface area contributed by atoms with E-state index in [1.165, 1.54) is 0 Å². The highest BCUT2D eigenvalue weighted by molar-refractivity contribution is 5.35. The van der Waals surface area contributed by atoms with Crippen LogP contribution in [0.3, 0.4) is 0 Å². The van der Waals surface area contributed by atoms with E-state index in [9.17, 15) is 8.78 Å². The number of hydrogen-bond acceptors (Lipinski definition) is 2. The molecule has 0 saturated carbocycles. The molecule has 0 radical (unpaired) electrons. The summed E-state index contributed by atoms with van der Waals surface area (Å²) in [5, 5.41) is 3.40. The number of rotatable bonds is 8. The van der Waals surface area contributed by atoms with E-state index in [0.717, 1.165) is 24.9 Å². The van der Waals surface area contributed by atoms with Crippen LogP contribution in [0.2, 0.25) is 0 Å². The second kappa shape index (κ2) is 8.03. The Morgan fingerprint density at radius 1 is 1.22 bits per heavy atom. The van der Waals surface area contributed by atoms with Crippen LogP contribution in [-0.4, -0.2) is 19.6 Å². The van der Waals surface area contributed by atoms with Gasteiger partial charge in [-0.05, 0) is 25.5 Å². The van der Waals surface area contributed by atoms with Crippen LogP contribution in [0, 0.1) is 0 Å². The molecule has 0 fully saturated rings. The van der Waals surface area contributed by atoms with E-state index >= 15 is 0 Å². The van der Waals surface area contributed by atoms with Gasteiger partial charge in [-0.25, -0.2) is 8.78 Å². The third kappa shape index (κ3) is 4.61. The molecule has 2 nitrogen and oxygen atoms in total. The minimum Gasteiger partial charge on any atom is -0.487 e. The van der Waals surface area contributed by atoms with E-state index in [2.05, 4.69) is 19.2 Å². The summed E-state index contributed by atoms with van der Waals surface area (Å²) >= 11 is 0. The Morgan fingerprint density at radius 3 is 2.56 bits per heavy atom. The van der Waals surface area contributed by atoms with Gasteiger partial charge >= 0.3 is 0 Å². The van der Waals surface area contributed by atoms with Gasteiger partial charge in [0.15, 0.2) is 0 Å². The first-order valence-electron chi connectivity index (χ1n) is 6.42. The van der Waals surface area contributed by atoms with Gasteiger partial charge < -0.3 is 10.1 Å². The molecule has 0 aliphatic carbocycles. The minimum absolute atomic E-state index is 0.152. The Bertz CT molecular complexity index is 344. The molecule has 1 N–H and O–H groups in total. The molecule has 1 unspecified atom stereocenters. The topological polar surface area (TPSA) is 21.3 Å². The first-order valence-corrected chi connectivity index (χ1v) is 6.42. The summed E-state index contributed by atoms with van der Waals surface area (Å²) in [4.78, 5) is 0. The van der Waals surface area contributed by atoms with E-state index in [-0.39, 0.29) is 6.04 Å². The smallest absolute Gasteiger partial charge is 0.272 e. The van der Waals surface area contributed by atoms with Gasteiger partial charge in [0.1, 0.15) is 12.4 Å². The van der Waals surface area contributed by atoms with Crippen molar-refractivity contribution in [1.29, 1.82) is 0 Å². The largest absolute Gasteiger partial charge is 0.487 e. The van der Waals surface area contributed by atoms with Crippen LogP contribution < -0.4 is 10.1 Å². The number of hydrogen-bond donors (Lipinski definition) is 1. The summed E-state index contributed by atoms with van der Waals surface area (Å²) in [6.07, 6.45) is -0.507. The van der Waals surface area contributed by atoms with Crippen LogP contribution in [-0.2, 0) is 0 Å². The molecule has 0 saturated heterocycles. The summed E-state index contributed by atoms with van der Waals surface area (Å²) in [5.41, 5.74) is 0.953. The molecular weight excluding hydrogens is 236 g/mol. The molecule has 4 heteroatoms. The molecule has 0 aliphatic rings. The number of nitrogens with one attached hydrogen (secondary N) is 1. The second-order valence-corrected chi connectivity index (χ2v) is 4.15. The molecule has 0 amide bonds. The predicted molar refractivity (Wildman–Crippen MR) is 69.3 cm³/mol. The standard InChI is InChI=1S/C14H21F2NO/c1-3-9-17-12(4-2)11-7-5-6-8-13(11)18-10-14(15)16/h5-8,12,14,17H,3-4,9-10H2,1-2H3. The van der Waals surface area contributed by atoms with Gasteiger partial charge in [0.2, 0.25) is 0 Å². The molecule has 1 aromatic rings. The molecule has 0 bridgehead atoms. The van der Waals surface area contributed by atoms with E-state index in [4.69, 9.17) is 4.74 Å². The van der Waals surface area contributed by atoms with Gasteiger partial charge in [0.05, 0.1) is 0 Å². The van der Waals surface area contributed by atoms with Crippen molar-refractivity contribution in [2.24, 2.45) is 0 Å². The first kappa shape index (κ1) is 14.9. The Labute approximate surface area is 107 Å². The number of benzene rings is 1. The molecule has 0 heterocycles. The predicted octanol–water partition coefficient (Wildman–Crippen LogP) is 3.78. The van der Waals surface area contributed by atoms with Crippen molar-refractivity contribution in [2.75, 3.05) is 13.2 Å². The minimum atomic E-state index is -2.44. The van der Waals surface area contributed by atoms with Gasteiger partial charge in [-0.15, -0.1) is 0 Å². The fourth-order valence-electron chi connectivity index (χ4n) is 1.85. The fraction of sp³-hybridized carbons (Fsp3) is 0.571. The van der Waals surface area contributed by atoms with Crippen LogP contribution in [0.25, 0.3) is 0 Å². The lowest BCUT2D eigenvalue weighted by molar-refractivity contribution is 0.0811. The lowest BCUT2D eigenvalue weighted by Crippen LogP contribution is -2.22. The van der Waals surface area contributed by atoms with Crippen LogP contribution in [0.1, 0.15) is 38.3 Å². The average Bonchev–Trinajstić information content (AvgIpc) is 2.38. The quantitative estimate of drug-likeness (QED) is 0.765. The van der Waals surface area contributed by atoms with Crippen molar-refractivity contribution in [3.63, 3.8) is 0 Å².